The molecule has 158 valence electrons. The van der Waals surface area contributed by atoms with Gasteiger partial charge in [0.15, 0.2) is 0 Å². The predicted octanol–water partition coefficient (Wildman–Crippen LogP) is 3.80. The van der Waals surface area contributed by atoms with Crippen LogP contribution in [0.1, 0.15) is 13.3 Å². The number of nitrogens with one attached hydrogen (secondary N) is 2. The van der Waals surface area contributed by atoms with Gasteiger partial charge in [-0.15, -0.1) is 0 Å². The van der Waals surface area contributed by atoms with Crippen LogP contribution in [0.5, 0.6) is 5.75 Å². The zero-order chi connectivity index (χ0) is 22.0. The Bertz CT molecular complexity index is 1170. The van der Waals surface area contributed by atoms with Crippen LogP contribution in [-0.4, -0.2) is 31.4 Å². The third-order valence-electron chi connectivity index (χ3n) is 5.33. The molecule has 1 heterocycles. The maximum atomic E-state index is 12.9. The van der Waals surface area contributed by atoms with Gasteiger partial charge in [0.2, 0.25) is 17.7 Å². The zero-order valence-corrected chi connectivity index (χ0v) is 17.3. The van der Waals surface area contributed by atoms with Crippen molar-refractivity contribution in [3.8, 4) is 5.75 Å². The van der Waals surface area contributed by atoms with Gasteiger partial charge in [-0.25, -0.2) is 0 Å². The third kappa shape index (κ3) is 4.21. The van der Waals surface area contributed by atoms with E-state index in [4.69, 9.17) is 4.74 Å². The van der Waals surface area contributed by atoms with Crippen LogP contribution in [0.25, 0.3) is 10.8 Å². The molecule has 1 aliphatic heterocycles. The molecule has 1 atom stereocenters. The Hall–Kier alpha value is -3.87. The Balaban J connectivity index is 1.52. The topological polar surface area (TPSA) is 87.7 Å². The first-order valence-corrected chi connectivity index (χ1v) is 10.0. The second kappa shape index (κ2) is 8.47. The molecule has 0 bridgehead atoms. The second-order valence-corrected chi connectivity index (χ2v) is 7.49. The van der Waals surface area contributed by atoms with Crippen LogP contribution < -0.4 is 20.3 Å². The van der Waals surface area contributed by atoms with Crippen LogP contribution in [0.3, 0.4) is 0 Å². The van der Waals surface area contributed by atoms with Crippen LogP contribution in [0.2, 0.25) is 0 Å². The summed E-state index contributed by atoms with van der Waals surface area (Å²) in [5, 5.41) is 7.56. The maximum Gasteiger partial charge on any atom is 0.229 e. The van der Waals surface area contributed by atoms with Gasteiger partial charge in [0, 0.05) is 31.0 Å². The van der Waals surface area contributed by atoms with E-state index in [1.54, 1.807) is 23.1 Å². The third-order valence-corrected chi connectivity index (χ3v) is 5.33. The molecule has 3 aromatic carbocycles. The van der Waals surface area contributed by atoms with Crippen LogP contribution in [-0.2, 0) is 14.4 Å². The summed E-state index contributed by atoms with van der Waals surface area (Å²) in [6, 6.07) is 18.7. The number of ether oxygens (including phenoxy) is 1. The van der Waals surface area contributed by atoms with Crippen molar-refractivity contribution in [1.29, 1.82) is 0 Å². The first-order valence-electron chi connectivity index (χ1n) is 10.0. The Morgan fingerprint density at radius 2 is 1.81 bits per heavy atom. The predicted molar refractivity (Wildman–Crippen MR) is 120 cm³/mol. The highest BCUT2D eigenvalue weighted by molar-refractivity contribution is 6.08. The van der Waals surface area contributed by atoms with Crippen molar-refractivity contribution < 1.29 is 19.1 Å². The summed E-state index contributed by atoms with van der Waals surface area (Å²) in [5.74, 6) is -0.543. The summed E-state index contributed by atoms with van der Waals surface area (Å²) in [6.07, 6.45) is 0.143. The number of nitrogens with zero attached hydrogens (tertiary/aromatic N) is 1. The van der Waals surface area contributed by atoms with Crippen molar-refractivity contribution in [2.24, 2.45) is 5.92 Å². The summed E-state index contributed by atoms with van der Waals surface area (Å²) in [7, 11) is 1.50. The molecule has 0 aliphatic carbocycles. The van der Waals surface area contributed by atoms with Crippen molar-refractivity contribution in [1.82, 2.24) is 0 Å². The van der Waals surface area contributed by atoms with Gasteiger partial charge in [0.25, 0.3) is 0 Å². The van der Waals surface area contributed by atoms with Gasteiger partial charge in [-0.2, -0.15) is 0 Å². The average Bonchev–Trinajstić information content (AvgIpc) is 3.15. The second-order valence-electron chi connectivity index (χ2n) is 7.49. The van der Waals surface area contributed by atoms with Gasteiger partial charge in [-0.1, -0.05) is 36.4 Å². The number of hydrogen-bond acceptors (Lipinski definition) is 4. The number of amides is 3. The Morgan fingerprint density at radius 1 is 1.03 bits per heavy atom. The Labute approximate surface area is 180 Å². The minimum Gasteiger partial charge on any atom is -0.495 e. The van der Waals surface area contributed by atoms with Crippen LogP contribution in [0.15, 0.2) is 60.7 Å². The van der Waals surface area contributed by atoms with Gasteiger partial charge in [0.1, 0.15) is 5.75 Å². The molecule has 0 spiro atoms. The highest BCUT2D eigenvalue weighted by atomic mass is 16.5. The first-order chi connectivity index (χ1) is 15.0. The molecule has 1 aliphatic rings. The lowest BCUT2D eigenvalue weighted by molar-refractivity contribution is -0.122. The lowest BCUT2D eigenvalue weighted by Gasteiger charge is -2.19. The van der Waals surface area contributed by atoms with Crippen molar-refractivity contribution in [2.45, 2.75) is 13.3 Å². The minimum absolute atomic E-state index is 0.0785. The van der Waals surface area contributed by atoms with E-state index in [2.05, 4.69) is 10.6 Å². The summed E-state index contributed by atoms with van der Waals surface area (Å²) < 4.78 is 5.24. The van der Waals surface area contributed by atoms with E-state index in [9.17, 15) is 14.4 Å². The molecule has 1 unspecified atom stereocenters. The summed E-state index contributed by atoms with van der Waals surface area (Å²) >= 11 is 0. The number of methoxy groups -OCH3 is 1. The number of benzene rings is 3. The Morgan fingerprint density at radius 3 is 2.58 bits per heavy atom. The number of carbonyl (C=O) groups is 3. The monoisotopic (exact) mass is 417 g/mol. The number of rotatable bonds is 5. The summed E-state index contributed by atoms with van der Waals surface area (Å²) in [4.78, 5) is 38.7. The molecular formula is C24H23N3O4. The fourth-order valence-electron chi connectivity index (χ4n) is 3.88. The van der Waals surface area contributed by atoms with Crippen LogP contribution in [0.4, 0.5) is 17.1 Å². The molecule has 0 aromatic heterocycles. The molecule has 7 nitrogen and oxygen atoms in total. The molecule has 3 aromatic rings. The van der Waals surface area contributed by atoms with E-state index in [0.29, 0.717) is 23.7 Å². The van der Waals surface area contributed by atoms with E-state index in [0.717, 1.165) is 16.5 Å². The SMILES string of the molecule is COc1ccc(NC(=O)C2CC(=O)N(c3cccc4ccccc34)C2)cc1NC(C)=O. The standard InChI is InChI=1S/C24H23N3O4/c1-15(28)25-20-13-18(10-11-22(20)31-2)26-24(30)17-12-23(29)27(14-17)21-9-5-7-16-6-3-4-8-19(16)21/h3-11,13,17H,12,14H2,1-2H3,(H,25,28)(H,26,30). The molecule has 31 heavy (non-hydrogen) atoms. The van der Waals surface area contributed by atoms with E-state index in [1.807, 2.05) is 42.5 Å². The minimum atomic E-state index is -0.474. The molecule has 0 radical (unpaired) electrons. The number of fused-ring (bicyclic) bond motifs is 1. The van der Waals surface area contributed by atoms with Gasteiger partial charge < -0.3 is 20.3 Å². The molecular weight excluding hydrogens is 394 g/mol. The van der Waals surface area contributed by atoms with Crippen LogP contribution in [0, 0.1) is 5.92 Å². The molecule has 7 heteroatoms. The summed E-state index contributed by atoms with van der Waals surface area (Å²) in [6.45, 7) is 1.71. The maximum absolute atomic E-state index is 12.9. The van der Waals surface area contributed by atoms with E-state index in [-0.39, 0.29) is 24.1 Å². The zero-order valence-electron chi connectivity index (χ0n) is 17.3. The van der Waals surface area contributed by atoms with Gasteiger partial charge >= 0.3 is 0 Å². The van der Waals surface area contributed by atoms with Crippen molar-refractivity contribution in [2.75, 3.05) is 29.2 Å². The smallest absolute Gasteiger partial charge is 0.229 e. The lowest BCUT2D eigenvalue weighted by atomic mass is 10.1. The molecule has 0 saturated carbocycles. The van der Waals surface area contributed by atoms with Gasteiger partial charge in [-0.05, 0) is 29.7 Å². The molecule has 3 amide bonds. The number of anilines is 3. The summed E-state index contributed by atoms with van der Waals surface area (Å²) in [5.41, 5.74) is 1.80. The molecule has 1 fully saturated rings. The Kier molecular flexibility index (Phi) is 5.58. The van der Waals surface area contributed by atoms with E-state index >= 15 is 0 Å². The van der Waals surface area contributed by atoms with Gasteiger partial charge in [-0.3, -0.25) is 14.4 Å². The molecule has 1 saturated heterocycles. The number of hydrogen-bond donors (Lipinski definition) is 2. The highest BCUT2D eigenvalue weighted by Crippen LogP contribution is 2.33. The van der Waals surface area contributed by atoms with E-state index < -0.39 is 5.92 Å². The lowest BCUT2D eigenvalue weighted by Crippen LogP contribution is -2.28. The number of carbonyl (C=O) groups excluding carboxylic acids is 3. The quantitative estimate of drug-likeness (QED) is 0.661. The molecule has 2 N–H and O–H groups in total. The highest BCUT2D eigenvalue weighted by Gasteiger charge is 2.35. The fourth-order valence-corrected chi connectivity index (χ4v) is 3.88. The molecule has 4 rings (SSSR count). The van der Waals surface area contributed by atoms with E-state index in [1.165, 1.54) is 14.0 Å². The first kappa shape index (κ1) is 20.4. The fraction of sp³-hybridized carbons (Fsp3) is 0.208. The normalized spacial score (nSPS) is 15.7. The van der Waals surface area contributed by atoms with Gasteiger partial charge in [0.05, 0.1) is 24.4 Å². The average molecular weight is 417 g/mol. The van der Waals surface area contributed by atoms with Crippen molar-refractivity contribution in [3.63, 3.8) is 0 Å². The van der Waals surface area contributed by atoms with Crippen molar-refractivity contribution >= 4 is 45.6 Å². The van der Waals surface area contributed by atoms with Crippen LogP contribution >= 0.6 is 0 Å². The van der Waals surface area contributed by atoms with Crippen molar-refractivity contribution in [3.05, 3.63) is 60.7 Å². The largest absolute Gasteiger partial charge is 0.495 e.